The van der Waals surface area contributed by atoms with Crippen molar-refractivity contribution in [1.82, 2.24) is 9.55 Å². The van der Waals surface area contributed by atoms with Crippen LogP contribution in [0.1, 0.15) is 43.7 Å². The van der Waals surface area contributed by atoms with Crippen LogP contribution in [0.3, 0.4) is 0 Å². The summed E-state index contributed by atoms with van der Waals surface area (Å²) in [6.07, 6.45) is 3.27. The Labute approximate surface area is 136 Å². The van der Waals surface area contributed by atoms with Gasteiger partial charge in [0, 0.05) is 5.56 Å². The van der Waals surface area contributed by atoms with E-state index >= 15 is 0 Å². The van der Waals surface area contributed by atoms with E-state index in [9.17, 15) is 5.26 Å². The van der Waals surface area contributed by atoms with E-state index in [0.717, 1.165) is 47.2 Å². The number of hydrogen-bond donors (Lipinski definition) is 0. The highest BCUT2D eigenvalue weighted by Gasteiger charge is 2.35. The number of unbranched alkanes of at least 4 members (excludes halogenated alkanes) is 1. The van der Waals surface area contributed by atoms with Crippen LogP contribution in [0, 0.1) is 11.3 Å². The monoisotopic (exact) mass is 301 g/mol. The maximum absolute atomic E-state index is 9.86. The molecule has 3 aromatic rings. The summed E-state index contributed by atoms with van der Waals surface area (Å²) in [7, 11) is 0. The van der Waals surface area contributed by atoms with E-state index in [4.69, 9.17) is 4.98 Å². The topological polar surface area (TPSA) is 41.6 Å². The standard InChI is InChI=1S/C20H19N3/c1-2-3-11-18-16(13-21)14-8-4-5-9-15(14)20-22-17-10-6-7-12-19(17)23(18)20/h4-10,12,16,18H,2-3,11H2,1H3. The van der Waals surface area contributed by atoms with Gasteiger partial charge >= 0.3 is 0 Å². The lowest BCUT2D eigenvalue weighted by molar-refractivity contribution is 0.421. The maximum Gasteiger partial charge on any atom is 0.141 e. The third kappa shape index (κ3) is 2.06. The van der Waals surface area contributed by atoms with E-state index in [1.54, 1.807) is 0 Å². The van der Waals surface area contributed by atoms with E-state index in [1.807, 2.05) is 18.2 Å². The van der Waals surface area contributed by atoms with Crippen LogP contribution in [0.4, 0.5) is 0 Å². The van der Waals surface area contributed by atoms with Crippen molar-refractivity contribution in [1.29, 1.82) is 5.26 Å². The van der Waals surface area contributed by atoms with Gasteiger partial charge in [0.15, 0.2) is 0 Å². The lowest BCUT2D eigenvalue weighted by Crippen LogP contribution is -2.23. The molecule has 0 aliphatic carbocycles. The zero-order valence-corrected chi connectivity index (χ0v) is 13.2. The molecule has 4 rings (SSSR count). The second-order valence-electron chi connectivity index (χ2n) is 6.20. The fourth-order valence-corrected chi connectivity index (χ4v) is 3.76. The Morgan fingerprint density at radius 1 is 1.13 bits per heavy atom. The van der Waals surface area contributed by atoms with E-state index in [0.29, 0.717) is 0 Å². The zero-order chi connectivity index (χ0) is 15.8. The van der Waals surface area contributed by atoms with Gasteiger partial charge in [0.25, 0.3) is 0 Å². The van der Waals surface area contributed by atoms with Crippen LogP contribution < -0.4 is 0 Å². The number of rotatable bonds is 3. The van der Waals surface area contributed by atoms with Crippen LogP contribution in [0.25, 0.3) is 22.4 Å². The molecule has 0 N–H and O–H groups in total. The first kappa shape index (κ1) is 14.0. The largest absolute Gasteiger partial charge is 0.319 e. The summed E-state index contributed by atoms with van der Waals surface area (Å²) in [6.45, 7) is 2.20. The Balaban J connectivity index is 2.02. The van der Waals surface area contributed by atoms with Crippen LogP contribution in [-0.2, 0) is 0 Å². The summed E-state index contributed by atoms with van der Waals surface area (Å²) in [5, 5.41) is 9.86. The summed E-state index contributed by atoms with van der Waals surface area (Å²) in [5.74, 6) is 0.900. The van der Waals surface area contributed by atoms with Crippen molar-refractivity contribution in [3.63, 3.8) is 0 Å². The van der Waals surface area contributed by atoms with Crippen LogP contribution in [-0.4, -0.2) is 9.55 Å². The first-order valence-electron chi connectivity index (χ1n) is 8.31. The number of imidazole rings is 1. The van der Waals surface area contributed by atoms with Crippen molar-refractivity contribution in [3.05, 3.63) is 54.1 Å². The molecule has 0 radical (unpaired) electrons. The Bertz CT molecular complexity index is 901. The predicted molar refractivity (Wildman–Crippen MR) is 92.1 cm³/mol. The van der Waals surface area contributed by atoms with Gasteiger partial charge in [-0.05, 0) is 24.1 Å². The minimum atomic E-state index is -0.108. The predicted octanol–water partition coefficient (Wildman–Crippen LogP) is 5.06. The molecule has 0 fully saturated rings. The molecule has 3 nitrogen and oxygen atoms in total. The van der Waals surface area contributed by atoms with E-state index < -0.39 is 0 Å². The minimum absolute atomic E-state index is 0.108. The molecule has 2 aromatic carbocycles. The van der Waals surface area contributed by atoms with E-state index in [-0.39, 0.29) is 12.0 Å². The summed E-state index contributed by atoms with van der Waals surface area (Å²) >= 11 is 0. The van der Waals surface area contributed by atoms with Crippen molar-refractivity contribution >= 4 is 11.0 Å². The van der Waals surface area contributed by atoms with Crippen molar-refractivity contribution < 1.29 is 0 Å². The number of nitriles is 1. The number of hydrogen-bond acceptors (Lipinski definition) is 2. The van der Waals surface area contributed by atoms with Gasteiger partial charge in [-0.1, -0.05) is 56.2 Å². The number of benzene rings is 2. The van der Waals surface area contributed by atoms with Gasteiger partial charge in [0.05, 0.1) is 29.1 Å². The Morgan fingerprint density at radius 3 is 2.74 bits per heavy atom. The van der Waals surface area contributed by atoms with Crippen molar-refractivity contribution in [2.75, 3.05) is 0 Å². The zero-order valence-electron chi connectivity index (χ0n) is 13.2. The molecule has 2 heterocycles. The van der Waals surface area contributed by atoms with Gasteiger partial charge in [-0.3, -0.25) is 0 Å². The first-order valence-corrected chi connectivity index (χ1v) is 8.31. The number of nitrogens with zero attached hydrogens (tertiary/aromatic N) is 3. The highest BCUT2D eigenvalue weighted by molar-refractivity contribution is 5.83. The average molecular weight is 301 g/mol. The molecule has 1 aliphatic heterocycles. The SMILES string of the molecule is CCCCC1C(C#N)c2ccccc2-c2nc3ccccc3n21. The minimum Gasteiger partial charge on any atom is -0.319 e. The summed E-state index contributed by atoms with van der Waals surface area (Å²) in [5.41, 5.74) is 4.37. The molecule has 0 saturated carbocycles. The molecule has 1 aliphatic rings. The number of fused-ring (bicyclic) bond motifs is 5. The van der Waals surface area contributed by atoms with Gasteiger partial charge in [0.1, 0.15) is 5.82 Å². The fourth-order valence-electron chi connectivity index (χ4n) is 3.76. The van der Waals surface area contributed by atoms with Crippen LogP contribution >= 0.6 is 0 Å². The summed E-state index contributed by atoms with van der Waals surface area (Å²) in [4.78, 5) is 4.88. The molecule has 114 valence electrons. The van der Waals surface area contributed by atoms with Crippen LogP contribution in [0.2, 0.25) is 0 Å². The van der Waals surface area contributed by atoms with Crippen LogP contribution in [0.5, 0.6) is 0 Å². The highest BCUT2D eigenvalue weighted by atomic mass is 15.1. The van der Waals surface area contributed by atoms with Gasteiger partial charge in [-0.25, -0.2) is 4.98 Å². The number of aromatic nitrogens is 2. The molecule has 1 aromatic heterocycles. The smallest absolute Gasteiger partial charge is 0.141 e. The molecule has 0 saturated heterocycles. The Hall–Kier alpha value is -2.60. The van der Waals surface area contributed by atoms with Crippen molar-refractivity contribution in [2.24, 2.45) is 0 Å². The van der Waals surface area contributed by atoms with Gasteiger partial charge in [-0.15, -0.1) is 0 Å². The third-order valence-corrected chi connectivity index (χ3v) is 4.84. The first-order chi connectivity index (χ1) is 11.3. The van der Waals surface area contributed by atoms with Crippen molar-refractivity contribution in [3.8, 4) is 17.5 Å². The van der Waals surface area contributed by atoms with E-state index in [1.165, 1.54) is 0 Å². The molecular weight excluding hydrogens is 282 g/mol. The molecular formula is C20H19N3. The average Bonchev–Trinajstić information content (AvgIpc) is 2.99. The molecule has 3 heteroatoms. The molecule has 23 heavy (non-hydrogen) atoms. The van der Waals surface area contributed by atoms with Gasteiger partial charge in [0.2, 0.25) is 0 Å². The lowest BCUT2D eigenvalue weighted by Gasteiger charge is -2.32. The second kappa shape index (κ2) is 5.55. The fraction of sp³-hybridized carbons (Fsp3) is 0.300. The Morgan fingerprint density at radius 2 is 1.91 bits per heavy atom. The van der Waals surface area contributed by atoms with E-state index in [2.05, 4.69) is 47.9 Å². The second-order valence-corrected chi connectivity index (χ2v) is 6.20. The quantitative estimate of drug-likeness (QED) is 0.679. The molecule has 2 atom stereocenters. The Kier molecular flexibility index (Phi) is 3.38. The molecule has 0 amide bonds. The molecule has 0 spiro atoms. The number of para-hydroxylation sites is 2. The lowest BCUT2D eigenvalue weighted by atomic mass is 9.83. The summed E-state index contributed by atoms with van der Waals surface area (Å²) in [6, 6.07) is 19.2. The third-order valence-electron chi connectivity index (χ3n) is 4.84. The van der Waals surface area contributed by atoms with Gasteiger partial charge in [-0.2, -0.15) is 5.26 Å². The van der Waals surface area contributed by atoms with Crippen molar-refractivity contribution in [2.45, 2.75) is 38.1 Å². The molecule has 2 unspecified atom stereocenters. The van der Waals surface area contributed by atoms with Crippen LogP contribution in [0.15, 0.2) is 48.5 Å². The molecule has 0 bridgehead atoms. The highest BCUT2D eigenvalue weighted by Crippen LogP contribution is 2.45. The normalized spacial score (nSPS) is 19.1. The van der Waals surface area contributed by atoms with Gasteiger partial charge < -0.3 is 4.57 Å². The maximum atomic E-state index is 9.86. The summed E-state index contributed by atoms with van der Waals surface area (Å²) < 4.78 is 2.31.